The molecular weight excluding hydrogens is 502 g/mol. The first-order valence-corrected chi connectivity index (χ1v) is 12.6. The summed E-state index contributed by atoms with van der Waals surface area (Å²) in [5.74, 6) is 4.18. The standard InChI is InChI=1S/C30H26F2N4O3/c31-25-7-5-21(18-26(25)32)19-36-16-2-4-23(30(36)38)29(37)35-12-1-3-20-6-8-27-24(17-20)28(11-15-34-27)39-22-9-13-33-14-10-22/h2,4-8,11,15-18,22,33H,9-10,12-14,19H2,(H,35,37). The maximum Gasteiger partial charge on any atom is 0.263 e. The second kappa shape index (κ2) is 11.9. The van der Waals surface area contributed by atoms with Crippen LogP contribution in [0.15, 0.2) is 71.8 Å². The number of hydrogen-bond acceptors (Lipinski definition) is 5. The zero-order valence-electron chi connectivity index (χ0n) is 21.0. The summed E-state index contributed by atoms with van der Waals surface area (Å²) in [7, 11) is 0. The predicted molar refractivity (Wildman–Crippen MR) is 144 cm³/mol. The third-order valence-corrected chi connectivity index (χ3v) is 6.45. The fourth-order valence-electron chi connectivity index (χ4n) is 4.43. The number of rotatable bonds is 6. The minimum absolute atomic E-state index is 0.00286. The summed E-state index contributed by atoms with van der Waals surface area (Å²) in [6, 6.07) is 13.9. The molecule has 5 rings (SSSR count). The van der Waals surface area contributed by atoms with Crippen molar-refractivity contribution in [3.05, 3.63) is 106 Å². The van der Waals surface area contributed by atoms with Crippen molar-refractivity contribution in [1.82, 2.24) is 20.2 Å². The van der Waals surface area contributed by atoms with Crippen molar-refractivity contribution in [2.24, 2.45) is 0 Å². The van der Waals surface area contributed by atoms with Crippen LogP contribution in [0, 0.1) is 23.5 Å². The van der Waals surface area contributed by atoms with Gasteiger partial charge in [0, 0.05) is 23.3 Å². The first-order chi connectivity index (χ1) is 19.0. The number of carbonyl (C=O) groups excluding carboxylic acids is 1. The molecule has 0 bridgehead atoms. The fraction of sp³-hybridized carbons (Fsp3) is 0.233. The number of hydrogen-bond donors (Lipinski definition) is 2. The van der Waals surface area contributed by atoms with Gasteiger partial charge in [-0.2, -0.15) is 0 Å². The van der Waals surface area contributed by atoms with Gasteiger partial charge >= 0.3 is 0 Å². The molecule has 1 amide bonds. The van der Waals surface area contributed by atoms with E-state index in [9.17, 15) is 18.4 Å². The normalized spacial score (nSPS) is 13.5. The van der Waals surface area contributed by atoms with Gasteiger partial charge in [0.25, 0.3) is 11.5 Å². The van der Waals surface area contributed by atoms with Crippen molar-refractivity contribution in [3.63, 3.8) is 0 Å². The lowest BCUT2D eigenvalue weighted by atomic mass is 10.1. The van der Waals surface area contributed by atoms with Crippen LogP contribution in [0.3, 0.4) is 0 Å². The van der Waals surface area contributed by atoms with Crippen molar-refractivity contribution in [1.29, 1.82) is 0 Å². The van der Waals surface area contributed by atoms with Crippen LogP contribution in [0.2, 0.25) is 0 Å². The van der Waals surface area contributed by atoms with E-state index in [1.165, 1.54) is 22.9 Å². The molecule has 0 aliphatic carbocycles. The zero-order valence-corrected chi connectivity index (χ0v) is 21.0. The number of fused-ring (bicyclic) bond motifs is 1. The SMILES string of the molecule is O=C(NCC#Cc1ccc2nccc(OC3CCNCC3)c2c1)c1cccn(Cc2ccc(F)c(F)c2)c1=O. The van der Waals surface area contributed by atoms with Crippen molar-refractivity contribution in [2.75, 3.05) is 19.6 Å². The van der Waals surface area contributed by atoms with E-state index in [-0.39, 0.29) is 24.8 Å². The molecule has 0 atom stereocenters. The number of amides is 1. The number of pyridine rings is 2. The van der Waals surface area contributed by atoms with E-state index in [0.717, 1.165) is 60.3 Å². The molecule has 39 heavy (non-hydrogen) atoms. The largest absolute Gasteiger partial charge is 0.490 e. The van der Waals surface area contributed by atoms with Crippen molar-refractivity contribution in [2.45, 2.75) is 25.5 Å². The maximum absolute atomic E-state index is 13.5. The number of aromatic nitrogens is 2. The topological polar surface area (TPSA) is 85.2 Å². The Bertz CT molecular complexity index is 1640. The third kappa shape index (κ3) is 6.30. The minimum atomic E-state index is -0.999. The van der Waals surface area contributed by atoms with Gasteiger partial charge in [-0.25, -0.2) is 8.78 Å². The molecule has 1 fully saturated rings. The molecule has 4 aromatic rings. The molecule has 0 saturated carbocycles. The summed E-state index contributed by atoms with van der Waals surface area (Å²) in [5.41, 5.74) is 1.33. The number of piperidine rings is 1. The first-order valence-electron chi connectivity index (χ1n) is 12.6. The number of benzene rings is 2. The van der Waals surface area contributed by atoms with Crippen LogP contribution < -0.4 is 20.9 Å². The second-order valence-electron chi connectivity index (χ2n) is 9.20. The Labute approximate surface area is 223 Å². The van der Waals surface area contributed by atoms with Gasteiger partial charge in [-0.3, -0.25) is 14.6 Å². The molecule has 0 unspecified atom stereocenters. The van der Waals surface area contributed by atoms with Gasteiger partial charge in [0.05, 0.1) is 18.6 Å². The van der Waals surface area contributed by atoms with Crippen LogP contribution in [0.25, 0.3) is 10.9 Å². The maximum atomic E-state index is 13.5. The Hall–Kier alpha value is -4.55. The number of halogens is 2. The molecule has 1 aliphatic heterocycles. The van der Waals surface area contributed by atoms with Crippen molar-refractivity contribution >= 4 is 16.8 Å². The first kappa shape index (κ1) is 26.1. The molecule has 0 spiro atoms. The number of ether oxygens (including phenoxy) is 1. The Kier molecular flexibility index (Phi) is 7.94. The minimum Gasteiger partial charge on any atom is -0.490 e. The van der Waals surface area contributed by atoms with Gasteiger partial charge in [0.15, 0.2) is 11.6 Å². The Morgan fingerprint density at radius 3 is 2.77 bits per heavy atom. The molecule has 9 heteroatoms. The second-order valence-corrected chi connectivity index (χ2v) is 9.20. The van der Waals surface area contributed by atoms with Gasteiger partial charge in [-0.05, 0) is 80.0 Å². The average Bonchev–Trinajstić information content (AvgIpc) is 2.95. The molecule has 7 nitrogen and oxygen atoms in total. The fourth-order valence-corrected chi connectivity index (χ4v) is 4.43. The lowest BCUT2D eigenvalue weighted by Crippen LogP contribution is -2.34. The Morgan fingerprint density at radius 2 is 1.95 bits per heavy atom. The van der Waals surface area contributed by atoms with E-state index in [1.807, 2.05) is 24.3 Å². The number of carbonyl (C=O) groups is 1. The highest BCUT2D eigenvalue weighted by atomic mass is 19.2. The molecule has 198 valence electrons. The summed E-state index contributed by atoms with van der Waals surface area (Å²) >= 11 is 0. The van der Waals surface area contributed by atoms with Gasteiger partial charge in [0.2, 0.25) is 0 Å². The highest BCUT2D eigenvalue weighted by Gasteiger charge is 2.16. The molecule has 2 N–H and O–H groups in total. The molecule has 0 radical (unpaired) electrons. The molecule has 3 heterocycles. The molecule has 2 aromatic heterocycles. The lowest BCUT2D eigenvalue weighted by Gasteiger charge is -2.24. The summed E-state index contributed by atoms with van der Waals surface area (Å²) in [5, 5.41) is 6.84. The van der Waals surface area contributed by atoms with Crippen LogP contribution in [-0.2, 0) is 6.54 Å². The predicted octanol–water partition coefficient (Wildman–Crippen LogP) is 3.64. The van der Waals surface area contributed by atoms with Crippen LogP contribution >= 0.6 is 0 Å². The van der Waals surface area contributed by atoms with E-state index < -0.39 is 23.1 Å². The van der Waals surface area contributed by atoms with Gasteiger partial charge in [-0.1, -0.05) is 17.9 Å². The van der Waals surface area contributed by atoms with Gasteiger partial charge in [0.1, 0.15) is 17.4 Å². The van der Waals surface area contributed by atoms with Crippen molar-refractivity contribution in [3.8, 4) is 17.6 Å². The molecule has 1 aliphatic rings. The number of nitrogens with zero attached hydrogens (tertiary/aromatic N) is 2. The third-order valence-electron chi connectivity index (χ3n) is 6.45. The average molecular weight is 529 g/mol. The van der Waals surface area contributed by atoms with Crippen LogP contribution in [-0.4, -0.2) is 41.2 Å². The van der Waals surface area contributed by atoms with Crippen LogP contribution in [0.1, 0.15) is 34.3 Å². The molecular formula is C30H26F2N4O3. The highest BCUT2D eigenvalue weighted by molar-refractivity contribution is 5.94. The van der Waals surface area contributed by atoms with E-state index in [0.29, 0.717) is 5.56 Å². The summed E-state index contributed by atoms with van der Waals surface area (Å²) in [4.78, 5) is 29.9. The smallest absolute Gasteiger partial charge is 0.263 e. The van der Waals surface area contributed by atoms with Gasteiger partial charge in [-0.15, -0.1) is 0 Å². The Balaban J connectivity index is 1.25. The molecule has 1 saturated heterocycles. The lowest BCUT2D eigenvalue weighted by molar-refractivity contribution is 0.0956. The van der Waals surface area contributed by atoms with E-state index in [4.69, 9.17) is 4.74 Å². The van der Waals surface area contributed by atoms with E-state index >= 15 is 0 Å². The van der Waals surface area contributed by atoms with Crippen LogP contribution in [0.4, 0.5) is 8.78 Å². The Morgan fingerprint density at radius 1 is 1.10 bits per heavy atom. The summed E-state index contributed by atoms with van der Waals surface area (Å²) in [6.07, 6.45) is 5.26. The van der Waals surface area contributed by atoms with Crippen molar-refractivity contribution < 1.29 is 18.3 Å². The van der Waals surface area contributed by atoms with Gasteiger partial charge < -0.3 is 19.9 Å². The zero-order chi connectivity index (χ0) is 27.2. The summed E-state index contributed by atoms with van der Waals surface area (Å²) < 4.78 is 34.2. The summed E-state index contributed by atoms with van der Waals surface area (Å²) in [6.45, 7) is 1.89. The van der Waals surface area contributed by atoms with E-state index in [1.54, 1.807) is 12.3 Å². The highest BCUT2D eigenvalue weighted by Crippen LogP contribution is 2.27. The number of nitrogens with one attached hydrogen (secondary N) is 2. The van der Waals surface area contributed by atoms with E-state index in [2.05, 4.69) is 27.5 Å². The quantitative estimate of drug-likeness (QED) is 0.374. The molecule has 2 aromatic carbocycles. The van der Waals surface area contributed by atoms with Crippen LogP contribution in [0.5, 0.6) is 5.75 Å². The monoisotopic (exact) mass is 528 g/mol.